The summed E-state index contributed by atoms with van der Waals surface area (Å²) in [6.07, 6.45) is 6.82. The van der Waals surface area contributed by atoms with Crippen LogP contribution in [0.2, 0.25) is 0 Å². The van der Waals surface area contributed by atoms with Gasteiger partial charge >= 0.3 is 0 Å². The van der Waals surface area contributed by atoms with Crippen molar-refractivity contribution in [3.8, 4) is 5.75 Å². The molecule has 0 aromatic heterocycles. The van der Waals surface area contributed by atoms with Gasteiger partial charge in [0.1, 0.15) is 17.6 Å². The highest BCUT2D eigenvalue weighted by Crippen LogP contribution is 2.30. The van der Waals surface area contributed by atoms with Gasteiger partial charge in [0, 0.05) is 24.3 Å². The first-order chi connectivity index (χ1) is 18.3. The predicted molar refractivity (Wildman–Crippen MR) is 146 cm³/mol. The van der Waals surface area contributed by atoms with Gasteiger partial charge in [-0.2, -0.15) is 0 Å². The number of nitrogens with zero attached hydrogens (tertiary/aromatic N) is 2. The first-order valence-corrected chi connectivity index (χ1v) is 14.2. The minimum Gasteiger partial charge on any atom is -0.490 e. The lowest BCUT2D eigenvalue weighted by molar-refractivity contribution is -0.131. The molecule has 1 heterocycles. The molecule has 8 heteroatoms. The number of amides is 1. The number of halogens is 1. The molecular formula is C30H42FN3O4. The number of carbonyl (C=O) groups is 2. The number of aliphatic hydroxyl groups excluding tert-OH is 1. The number of ketones is 1. The average molecular weight is 528 g/mol. The zero-order valence-corrected chi connectivity index (χ0v) is 22.5. The lowest BCUT2D eigenvalue weighted by Crippen LogP contribution is -2.48. The van der Waals surface area contributed by atoms with Gasteiger partial charge in [-0.15, -0.1) is 0 Å². The largest absolute Gasteiger partial charge is 0.490 e. The van der Waals surface area contributed by atoms with Crippen molar-refractivity contribution in [2.24, 2.45) is 16.6 Å². The molecule has 1 aliphatic heterocycles. The van der Waals surface area contributed by atoms with Gasteiger partial charge in [-0.25, -0.2) is 4.39 Å². The lowest BCUT2D eigenvalue weighted by Gasteiger charge is -2.32. The highest BCUT2D eigenvalue weighted by atomic mass is 19.1. The minimum absolute atomic E-state index is 0.0956. The fourth-order valence-electron chi connectivity index (χ4n) is 5.82. The highest BCUT2D eigenvalue weighted by Gasteiger charge is 2.32. The van der Waals surface area contributed by atoms with E-state index in [9.17, 15) is 19.1 Å². The number of allylic oxidation sites excluding steroid dienone is 1. The maximum Gasteiger partial charge on any atom is 0.270 e. The molecule has 208 valence electrons. The Balaban J connectivity index is 1.24. The zero-order valence-electron chi connectivity index (χ0n) is 22.5. The van der Waals surface area contributed by atoms with E-state index in [0.29, 0.717) is 30.8 Å². The maximum absolute atomic E-state index is 13.9. The molecule has 1 aromatic rings. The van der Waals surface area contributed by atoms with E-state index in [-0.39, 0.29) is 43.6 Å². The molecule has 4 rings (SSSR count). The summed E-state index contributed by atoms with van der Waals surface area (Å²) in [5.41, 5.74) is 8.86. The van der Waals surface area contributed by atoms with Crippen molar-refractivity contribution < 1.29 is 23.8 Å². The molecule has 3 N–H and O–H groups in total. The van der Waals surface area contributed by atoms with Crippen LogP contribution in [0.15, 0.2) is 40.5 Å². The van der Waals surface area contributed by atoms with Crippen LogP contribution in [0.1, 0.15) is 76.2 Å². The Morgan fingerprint density at radius 2 is 1.95 bits per heavy atom. The van der Waals surface area contributed by atoms with Crippen molar-refractivity contribution in [3.63, 3.8) is 0 Å². The Morgan fingerprint density at radius 1 is 1.13 bits per heavy atom. The van der Waals surface area contributed by atoms with Gasteiger partial charge in [-0.3, -0.25) is 14.6 Å². The summed E-state index contributed by atoms with van der Waals surface area (Å²) >= 11 is 0. The van der Waals surface area contributed by atoms with Crippen molar-refractivity contribution in [1.29, 1.82) is 0 Å². The molecule has 38 heavy (non-hydrogen) atoms. The number of aliphatic imine (C=N–C) groups is 1. The van der Waals surface area contributed by atoms with Crippen LogP contribution in [0.25, 0.3) is 0 Å². The monoisotopic (exact) mass is 527 g/mol. The topological polar surface area (TPSA) is 105 Å². The van der Waals surface area contributed by atoms with Crippen LogP contribution in [0.3, 0.4) is 0 Å². The Hall–Kier alpha value is -2.74. The Kier molecular flexibility index (Phi) is 9.94. The number of nitrogens with two attached hydrogens (primary N) is 1. The van der Waals surface area contributed by atoms with Crippen LogP contribution in [-0.4, -0.2) is 65.4 Å². The third-order valence-electron chi connectivity index (χ3n) is 8.24. The molecule has 1 amide bonds. The average Bonchev–Trinajstić information content (AvgIpc) is 3.27. The number of hydrogen-bond acceptors (Lipinski definition) is 6. The van der Waals surface area contributed by atoms with E-state index in [1.807, 2.05) is 18.2 Å². The smallest absolute Gasteiger partial charge is 0.270 e. The van der Waals surface area contributed by atoms with Crippen molar-refractivity contribution >= 4 is 17.4 Å². The van der Waals surface area contributed by atoms with E-state index in [1.54, 1.807) is 0 Å². The Bertz CT molecular complexity index is 1060. The number of benzene rings is 1. The molecule has 0 spiro atoms. The van der Waals surface area contributed by atoms with Gasteiger partial charge in [-0.1, -0.05) is 24.6 Å². The Labute approximate surface area is 225 Å². The molecule has 2 saturated carbocycles. The van der Waals surface area contributed by atoms with E-state index in [0.717, 1.165) is 62.0 Å². The summed E-state index contributed by atoms with van der Waals surface area (Å²) in [6, 6.07) is 8.14. The highest BCUT2D eigenvalue weighted by molar-refractivity contribution is 6.09. The van der Waals surface area contributed by atoms with Crippen LogP contribution in [0.4, 0.5) is 4.39 Å². The van der Waals surface area contributed by atoms with E-state index in [1.165, 1.54) is 4.90 Å². The standard InChI is InChI=1S/C30H42FN3O4/c1-20-6-2-3-11-28(20)38-23-8-4-7-21(13-15-23)12-14-22(35)18-33-26-10-5-9-24(26)29(32)30(37)34-17-16-27(36)25(31)19-34/h2-3,6,11,21,23,25,27,36H,4-5,7-10,12-19,32H2,1H3/t21?,23?,25-,27+/m0/s1. The number of aliphatic hydroxyl groups is 1. The van der Waals surface area contributed by atoms with Gasteiger partial charge in [0.15, 0.2) is 5.78 Å². The second kappa shape index (κ2) is 13.4. The summed E-state index contributed by atoms with van der Waals surface area (Å²) in [6.45, 7) is 2.30. The molecule has 2 unspecified atom stereocenters. The molecule has 1 aromatic carbocycles. The molecule has 4 atom stereocenters. The van der Waals surface area contributed by atoms with E-state index >= 15 is 0 Å². The van der Waals surface area contributed by atoms with Crippen molar-refractivity contribution in [1.82, 2.24) is 4.90 Å². The van der Waals surface area contributed by atoms with Gasteiger partial charge in [0.2, 0.25) is 0 Å². The molecular weight excluding hydrogens is 485 g/mol. The number of hydrogen-bond donors (Lipinski definition) is 2. The SMILES string of the molecule is Cc1ccccc1OC1CCCC(CCC(=O)CN=C2CCCC2=C(N)C(=O)N2CC[C@@H](O)[C@@H](F)C2)CC1. The minimum atomic E-state index is -1.46. The summed E-state index contributed by atoms with van der Waals surface area (Å²) in [5, 5.41) is 9.59. The van der Waals surface area contributed by atoms with Gasteiger partial charge in [0.25, 0.3) is 5.91 Å². The third kappa shape index (κ3) is 7.43. The fraction of sp³-hybridized carbons (Fsp3) is 0.633. The maximum atomic E-state index is 13.9. The number of Topliss-reactive ketones (excluding diaryl/α,β-unsaturated/α-hetero) is 1. The first-order valence-electron chi connectivity index (χ1n) is 14.2. The van der Waals surface area contributed by atoms with E-state index < -0.39 is 18.2 Å². The van der Waals surface area contributed by atoms with Gasteiger partial charge in [0.05, 0.1) is 25.3 Å². The molecule has 0 radical (unpaired) electrons. The van der Waals surface area contributed by atoms with Crippen LogP contribution in [0, 0.1) is 12.8 Å². The van der Waals surface area contributed by atoms with Crippen molar-refractivity contribution in [2.45, 2.75) is 95.9 Å². The molecule has 3 fully saturated rings. The van der Waals surface area contributed by atoms with Crippen LogP contribution in [-0.2, 0) is 9.59 Å². The summed E-state index contributed by atoms with van der Waals surface area (Å²) in [5.74, 6) is 1.19. The number of alkyl halides is 1. The van der Waals surface area contributed by atoms with Crippen LogP contribution >= 0.6 is 0 Å². The zero-order chi connectivity index (χ0) is 27.1. The predicted octanol–water partition coefficient (Wildman–Crippen LogP) is 4.44. The summed E-state index contributed by atoms with van der Waals surface area (Å²) < 4.78 is 20.2. The number of carbonyl (C=O) groups excluding carboxylic acids is 2. The van der Waals surface area contributed by atoms with Gasteiger partial charge in [-0.05, 0) is 82.3 Å². The second-order valence-corrected chi connectivity index (χ2v) is 11.1. The van der Waals surface area contributed by atoms with E-state index in [4.69, 9.17) is 10.5 Å². The summed E-state index contributed by atoms with van der Waals surface area (Å²) in [4.78, 5) is 31.4. The molecule has 7 nitrogen and oxygen atoms in total. The molecule has 1 saturated heterocycles. The summed E-state index contributed by atoms with van der Waals surface area (Å²) in [7, 11) is 0. The molecule has 2 aliphatic carbocycles. The second-order valence-electron chi connectivity index (χ2n) is 11.1. The number of aryl methyl sites for hydroxylation is 1. The number of piperidine rings is 1. The van der Waals surface area contributed by atoms with Crippen LogP contribution in [0.5, 0.6) is 5.75 Å². The normalized spacial score (nSPS) is 28.7. The van der Waals surface area contributed by atoms with Gasteiger partial charge < -0.3 is 20.5 Å². The number of rotatable bonds is 8. The van der Waals surface area contributed by atoms with Crippen molar-refractivity contribution in [3.05, 3.63) is 41.1 Å². The lowest BCUT2D eigenvalue weighted by atomic mass is 9.94. The van der Waals surface area contributed by atoms with Crippen molar-refractivity contribution in [2.75, 3.05) is 19.6 Å². The Morgan fingerprint density at radius 3 is 2.74 bits per heavy atom. The number of para-hydroxylation sites is 1. The van der Waals surface area contributed by atoms with Crippen LogP contribution < -0.4 is 10.5 Å². The fourth-order valence-corrected chi connectivity index (χ4v) is 5.82. The van der Waals surface area contributed by atoms with E-state index in [2.05, 4.69) is 18.0 Å². The number of likely N-dealkylation sites (tertiary alicyclic amines) is 1. The quantitative estimate of drug-likeness (QED) is 0.384. The molecule has 3 aliphatic rings. The first kappa shape index (κ1) is 28.3. The number of ether oxygens (including phenoxy) is 1. The molecule has 0 bridgehead atoms. The third-order valence-corrected chi connectivity index (χ3v) is 8.24.